The molecular formula is C20H25N3O3. The molecule has 0 bridgehead atoms. The molecule has 138 valence electrons. The number of hydrogen-bond acceptors (Lipinski definition) is 5. The highest BCUT2D eigenvalue weighted by Crippen LogP contribution is 2.18. The highest BCUT2D eigenvalue weighted by molar-refractivity contribution is 5.96. The zero-order chi connectivity index (χ0) is 18.4. The Hall–Kier alpha value is -2.60. The Morgan fingerprint density at radius 1 is 1.35 bits per heavy atom. The standard InChI is InChI=1S/C20H25N3O3/c1-3-25-18-7-5-4-6-17(18)20(24)22-13-16-8-9-19(21-12-16)23-10-11-26-15(2)14-23/h4-9,12,15H,3,10-11,13-14H2,1-2H3,(H,22,24). The van der Waals surface area contributed by atoms with E-state index in [0.29, 0.717) is 24.5 Å². The molecule has 0 spiro atoms. The van der Waals surface area contributed by atoms with Crippen molar-refractivity contribution in [3.63, 3.8) is 0 Å². The van der Waals surface area contributed by atoms with Gasteiger partial charge in [-0.1, -0.05) is 18.2 Å². The molecule has 1 aliphatic heterocycles. The van der Waals surface area contributed by atoms with Crippen molar-refractivity contribution in [1.29, 1.82) is 0 Å². The molecule has 1 aromatic carbocycles. The minimum Gasteiger partial charge on any atom is -0.493 e. The van der Waals surface area contributed by atoms with Gasteiger partial charge in [0.25, 0.3) is 5.91 Å². The second-order valence-electron chi connectivity index (χ2n) is 6.26. The number of carbonyl (C=O) groups excluding carboxylic acids is 1. The Balaban J connectivity index is 1.59. The largest absolute Gasteiger partial charge is 0.493 e. The molecule has 0 radical (unpaired) electrons. The molecule has 2 aromatic rings. The van der Waals surface area contributed by atoms with Crippen LogP contribution in [0, 0.1) is 0 Å². The van der Waals surface area contributed by atoms with Crippen molar-refractivity contribution in [1.82, 2.24) is 10.3 Å². The van der Waals surface area contributed by atoms with Crippen molar-refractivity contribution in [3.05, 3.63) is 53.7 Å². The molecule has 3 rings (SSSR count). The van der Waals surface area contributed by atoms with Crippen LogP contribution in [0.25, 0.3) is 0 Å². The van der Waals surface area contributed by atoms with Crippen LogP contribution >= 0.6 is 0 Å². The summed E-state index contributed by atoms with van der Waals surface area (Å²) in [5.41, 5.74) is 1.50. The molecule has 1 amide bonds. The van der Waals surface area contributed by atoms with Gasteiger partial charge in [0, 0.05) is 25.8 Å². The lowest BCUT2D eigenvalue weighted by atomic mass is 10.2. The number of para-hydroxylation sites is 1. The van der Waals surface area contributed by atoms with E-state index in [4.69, 9.17) is 9.47 Å². The summed E-state index contributed by atoms with van der Waals surface area (Å²) in [7, 11) is 0. The minimum atomic E-state index is -0.153. The number of rotatable bonds is 6. The quantitative estimate of drug-likeness (QED) is 0.863. The van der Waals surface area contributed by atoms with Gasteiger partial charge in [0.2, 0.25) is 0 Å². The van der Waals surface area contributed by atoms with Gasteiger partial charge in [0.1, 0.15) is 11.6 Å². The summed E-state index contributed by atoms with van der Waals surface area (Å²) in [5, 5.41) is 2.93. The number of pyridine rings is 1. The molecule has 1 aliphatic rings. The fraction of sp³-hybridized carbons (Fsp3) is 0.400. The highest BCUT2D eigenvalue weighted by Gasteiger charge is 2.18. The number of ether oxygens (including phenoxy) is 2. The first-order valence-electron chi connectivity index (χ1n) is 8.99. The van der Waals surface area contributed by atoms with Crippen molar-refractivity contribution in [2.24, 2.45) is 0 Å². The molecule has 1 atom stereocenters. The van der Waals surface area contributed by atoms with Crippen LogP contribution in [0.5, 0.6) is 5.75 Å². The average molecular weight is 355 g/mol. The molecule has 1 aromatic heterocycles. The van der Waals surface area contributed by atoms with Gasteiger partial charge in [-0.05, 0) is 37.6 Å². The second-order valence-corrected chi connectivity index (χ2v) is 6.26. The first kappa shape index (κ1) is 18.2. The zero-order valence-electron chi connectivity index (χ0n) is 15.3. The van der Waals surface area contributed by atoms with Crippen LogP contribution in [-0.4, -0.2) is 43.3 Å². The van der Waals surface area contributed by atoms with Gasteiger partial charge in [-0.3, -0.25) is 4.79 Å². The molecule has 1 saturated heterocycles. The zero-order valence-corrected chi connectivity index (χ0v) is 15.3. The number of carbonyl (C=O) groups is 1. The van der Waals surface area contributed by atoms with Gasteiger partial charge < -0.3 is 19.7 Å². The number of amides is 1. The lowest BCUT2D eigenvalue weighted by Crippen LogP contribution is -2.41. The predicted octanol–water partition coefficient (Wildman–Crippen LogP) is 2.64. The number of benzene rings is 1. The molecule has 1 N–H and O–H groups in total. The highest BCUT2D eigenvalue weighted by atomic mass is 16.5. The fourth-order valence-corrected chi connectivity index (χ4v) is 2.95. The molecule has 0 aliphatic carbocycles. The molecule has 6 nitrogen and oxygen atoms in total. The minimum absolute atomic E-state index is 0.153. The third-order valence-electron chi connectivity index (χ3n) is 4.26. The summed E-state index contributed by atoms with van der Waals surface area (Å²) in [6, 6.07) is 11.2. The number of anilines is 1. The van der Waals surface area contributed by atoms with Crippen LogP contribution < -0.4 is 15.0 Å². The van der Waals surface area contributed by atoms with E-state index in [1.807, 2.05) is 37.4 Å². The molecular weight excluding hydrogens is 330 g/mol. The van der Waals surface area contributed by atoms with Crippen LogP contribution in [0.3, 0.4) is 0 Å². The van der Waals surface area contributed by atoms with Gasteiger partial charge in [0.05, 0.1) is 24.9 Å². The molecule has 1 fully saturated rings. The van der Waals surface area contributed by atoms with Crippen LogP contribution in [0.15, 0.2) is 42.6 Å². The maximum absolute atomic E-state index is 12.4. The van der Waals surface area contributed by atoms with E-state index in [1.54, 1.807) is 12.1 Å². The van der Waals surface area contributed by atoms with E-state index in [2.05, 4.69) is 22.1 Å². The van der Waals surface area contributed by atoms with Crippen LogP contribution in [0.4, 0.5) is 5.82 Å². The van der Waals surface area contributed by atoms with Crippen molar-refractivity contribution in [3.8, 4) is 5.75 Å². The Kier molecular flexibility index (Phi) is 6.07. The Morgan fingerprint density at radius 2 is 2.19 bits per heavy atom. The molecule has 2 heterocycles. The third-order valence-corrected chi connectivity index (χ3v) is 4.26. The molecule has 26 heavy (non-hydrogen) atoms. The summed E-state index contributed by atoms with van der Waals surface area (Å²) >= 11 is 0. The summed E-state index contributed by atoms with van der Waals surface area (Å²) in [6.45, 7) is 7.33. The van der Waals surface area contributed by atoms with Gasteiger partial charge in [-0.15, -0.1) is 0 Å². The van der Waals surface area contributed by atoms with Crippen LogP contribution in [0.1, 0.15) is 29.8 Å². The Morgan fingerprint density at radius 3 is 2.92 bits per heavy atom. The maximum atomic E-state index is 12.4. The maximum Gasteiger partial charge on any atom is 0.255 e. The van der Waals surface area contributed by atoms with E-state index in [9.17, 15) is 4.79 Å². The van der Waals surface area contributed by atoms with E-state index < -0.39 is 0 Å². The van der Waals surface area contributed by atoms with E-state index in [0.717, 1.165) is 31.1 Å². The van der Waals surface area contributed by atoms with Crippen LogP contribution in [0.2, 0.25) is 0 Å². The number of hydrogen-bond donors (Lipinski definition) is 1. The summed E-state index contributed by atoms with van der Waals surface area (Å²) in [4.78, 5) is 19.2. The average Bonchev–Trinajstić information content (AvgIpc) is 2.67. The normalized spacial score (nSPS) is 17.0. The second kappa shape index (κ2) is 8.67. The predicted molar refractivity (Wildman–Crippen MR) is 101 cm³/mol. The Bertz CT molecular complexity index is 733. The summed E-state index contributed by atoms with van der Waals surface area (Å²) in [5.74, 6) is 1.39. The summed E-state index contributed by atoms with van der Waals surface area (Å²) in [6.07, 6.45) is 2.03. The van der Waals surface area contributed by atoms with E-state index in [-0.39, 0.29) is 12.0 Å². The number of morpholine rings is 1. The molecule has 1 unspecified atom stereocenters. The van der Waals surface area contributed by atoms with Crippen molar-refractivity contribution < 1.29 is 14.3 Å². The van der Waals surface area contributed by atoms with Crippen molar-refractivity contribution >= 4 is 11.7 Å². The Labute approximate surface area is 154 Å². The topological polar surface area (TPSA) is 63.7 Å². The van der Waals surface area contributed by atoms with E-state index in [1.165, 1.54) is 0 Å². The van der Waals surface area contributed by atoms with Crippen LogP contribution in [-0.2, 0) is 11.3 Å². The SMILES string of the molecule is CCOc1ccccc1C(=O)NCc1ccc(N2CCOC(C)C2)nc1. The number of nitrogens with zero attached hydrogens (tertiary/aromatic N) is 2. The summed E-state index contributed by atoms with van der Waals surface area (Å²) < 4.78 is 11.1. The lowest BCUT2D eigenvalue weighted by molar-refractivity contribution is 0.0529. The molecule has 6 heteroatoms. The smallest absolute Gasteiger partial charge is 0.255 e. The monoisotopic (exact) mass is 355 g/mol. The van der Waals surface area contributed by atoms with Crippen molar-refractivity contribution in [2.75, 3.05) is 31.2 Å². The number of nitrogens with one attached hydrogen (secondary N) is 1. The first-order chi connectivity index (χ1) is 12.7. The molecule has 0 saturated carbocycles. The van der Waals surface area contributed by atoms with Gasteiger partial charge in [0.15, 0.2) is 0 Å². The van der Waals surface area contributed by atoms with Crippen molar-refractivity contribution in [2.45, 2.75) is 26.5 Å². The number of aromatic nitrogens is 1. The fourth-order valence-electron chi connectivity index (χ4n) is 2.95. The lowest BCUT2D eigenvalue weighted by Gasteiger charge is -2.32. The first-order valence-corrected chi connectivity index (χ1v) is 8.99. The third kappa shape index (κ3) is 4.52. The van der Waals surface area contributed by atoms with Gasteiger partial charge in [-0.25, -0.2) is 4.98 Å². The van der Waals surface area contributed by atoms with E-state index >= 15 is 0 Å². The van der Waals surface area contributed by atoms with Gasteiger partial charge in [-0.2, -0.15) is 0 Å². The van der Waals surface area contributed by atoms with Gasteiger partial charge >= 0.3 is 0 Å².